The van der Waals surface area contributed by atoms with Crippen LogP contribution in [-0.4, -0.2) is 33.8 Å². The molecule has 10 heteroatoms. The lowest BCUT2D eigenvalue weighted by molar-refractivity contribution is -0.145. The van der Waals surface area contributed by atoms with E-state index in [1.807, 2.05) is 17.5 Å². The number of esters is 1. The lowest BCUT2D eigenvalue weighted by Gasteiger charge is -2.10. The topological polar surface area (TPSA) is 129 Å². The van der Waals surface area contributed by atoms with Crippen LogP contribution in [0.25, 0.3) is 0 Å². The lowest BCUT2D eigenvalue weighted by Crippen LogP contribution is -2.12. The number of carbonyl (C=O) groups is 2. The summed E-state index contributed by atoms with van der Waals surface area (Å²) in [7, 11) is 1.55. The Morgan fingerprint density at radius 3 is 2.69 bits per heavy atom. The molecular formula is C19H19N5O4S. The zero-order chi connectivity index (χ0) is 20.6. The van der Waals surface area contributed by atoms with E-state index >= 15 is 0 Å². The second-order valence-electron chi connectivity index (χ2n) is 5.82. The first kappa shape index (κ1) is 20.2. The van der Waals surface area contributed by atoms with E-state index in [0.717, 1.165) is 0 Å². The molecule has 2 heterocycles. The largest absolute Gasteiger partial charge is 0.495 e. The zero-order valence-electron chi connectivity index (χ0n) is 15.6. The van der Waals surface area contributed by atoms with Gasteiger partial charge < -0.3 is 20.5 Å². The number of benzene rings is 1. The number of nitrogens with two attached hydrogens (primary N) is 1. The molecule has 0 bridgehead atoms. The Kier molecular flexibility index (Phi) is 6.69. The summed E-state index contributed by atoms with van der Waals surface area (Å²) in [6.45, 7) is -0.181. The van der Waals surface area contributed by atoms with E-state index < -0.39 is 5.97 Å². The molecule has 0 atom stereocenters. The molecule has 1 aromatic carbocycles. The van der Waals surface area contributed by atoms with Crippen LogP contribution in [0.4, 0.5) is 17.6 Å². The highest BCUT2D eigenvalue weighted by molar-refractivity contribution is 7.12. The van der Waals surface area contributed by atoms with Crippen molar-refractivity contribution in [2.75, 3.05) is 18.2 Å². The van der Waals surface area contributed by atoms with Gasteiger partial charge in [0.25, 0.3) is 0 Å². The lowest BCUT2D eigenvalue weighted by atomic mass is 10.2. The van der Waals surface area contributed by atoms with Crippen LogP contribution in [0.1, 0.15) is 28.3 Å². The number of hydrogen-bond donors (Lipinski definition) is 2. The average Bonchev–Trinajstić information content (AvgIpc) is 3.25. The monoisotopic (exact) mass is 413 g/mol. The van der Waals surface area contributed by atoms with Crippen molar-refractivity contribution in [2.45, 2.75) is 19.4 Å². The van der Waals surface area contributed by atoms with E-state index in [4.69, 9.17) is 15.2 Å². The molecule has 0 spiro atoms. The third-order valence-corrected chi connectivity index (χ3v) is 4.68. The minimum absolute atomic E-state index is 0.0173. The van der Waals surface area contributed by atoms with Crippen LogP contribution in [-0.2, 0) is 16.1 Å². The first-order chi connectivity index (χ1) is 14.0. The van der Waals surface area contributed by atoms with Gasteiger partial charge in [-0.3, -0.25) is 9.59 Å². The maximum Gasteiger partial charge on any atom is 0.306 e. The van der Waals surface area contributed by atoms with Gasteiger partial charge in [0, 0.05) is 6.42 Å². The van der Waals surface area contributed by atoms with Gasteiger partial charge in [-0.1, -0.05) is 18.2 Å². The quantitative estimate of drug-likeness (QED) is 0.401. The Labute approximate surface area is 170 Å². The minimum atomic E-state index is -0.520. The molecule has 3 rings (SSSR count). The predicted octanol–water partition coefficient (Wildman–Crippen LogP) is 2.97. The Bertz CT molecular complexity index is 994. The van der Waals surface area contributed by atoms with Gasteiger partial charge in [-0.2, -0.15) is 15.0 Å². The standard InChI is InChI=1S/C19H19N5O4S/c1-27-14-6-3-2-5-12(14)21-19-23-16(22-18(20)24-19)11-28-17(26)9-8-13(25)15-7-4-10-29-15/h2-7,10H,8-9,11H2,1H3,(H3,20,21,22,23,24). The molecule has 0 aliphatic carbocycles. The number of nitrogens with one attached hydrogen (secondary N) is 1. The number of para-hydroxylation sites is 2. The van der Waals surface area contributed by atoms with Crippen molar-refractivity contribution < 1.29 is 19.1 Å². The van der Waals surface area contributed by atoms with E-state index in [9.17, 15) is 9.59 Å². The number of ether oxygens (including phenoxy) is 2. The molecule has 2 aromatic heterocycles. The number of nitrogen functional groups attached to an aromatic ring is 1. The summed E-state index contributed by atoms with van der Waals surface area (Å²) in [6, 6.07) is 10.8. The molecule has 0 saturated heterocycles. The van der Waals surface area contributed by atoms with Gasteiger partial charge in [0.05, 0.1) is 24.1 Å². The molecule has 0 aliphatic rings. The highest BCUT2D eigenvalue weighted by Gasteiger charge is 2.13. The van der Waals surface area contributed by atoms with Gasteiger partial charge in [-0.25, -0.2) is 0 Å². The summed E-state index contributed by atoms with van der Waals surface area (Å²) in [4.78, 5) is 36.7. The molecular weight excluding hydrogens is 394 g/mol. The van der Waals surface area contributed by atoms with Crippen molar-refractivity contribution >= 4 is 40.7 Å². The maximum absolute atomic E-state index is 11.9. The van der Waals surface area contributed by atoms with Gasteiger partial charge in [0.2, 0.25) is 11.9 Å². The highest BCUT2D eigenvalue weighted by Crippen LogP contribution is 2.25. The number of Topliss-reactive ketones (excluding diaryl/α,β-unsaturated/α-hetero) is 1. The number of rotatable bonds is 9. The molecule has 0 fully saturated rings. The van der Waals surface area contributed by atoms with Crippen molar-refractivity contribution in [3.63, 3.8) is 0 Å². The molecule has 29 heavy (non-hydrogen) atoms. The third-order valence-electron chi connectivity index (χ3n) is 3.77. The van der Waals surface area contributed by atoms with Crippen LogP contribution >= 0.6 is 11.3 Å². The van der Waals surface area contributed by atoms with Crippen LogP contribution in [0, 0.1) is 0 Å². The Hall–Kier alpha value is -3.53. The molecule has 0 unspecified atom stereocenters. The van der Waals surface area contributed by atoms with Crippen LogP contribution in [0.3, 0.4) is 0 Å². The Morgan fingerprint density at radius 1 is 1.10 bits per heavy atom. The van der Waals surface area contributed by atoms with Crippen molar-refractivity contribution in [2.24, 2.45) is 0 Å². The first-order valence-electron chi connectivity index (χ1n) is 8.68. The van der Waals surface area contributed by atoms with Gasteiger partial charge in [0.15, 0.2) is 18.2 Å². The molecule has 0 saturated carbocycles. The number of methoxy groups -OCH3 is 1. The molecule has 3 aromatic rings. The number of anilines is 3. The van der Waals surface area contributed by atoms with Crippen LogP contribution < -0.4 is 15.8 Å². The van der Waals surface area contributed by atoms with Gasteiger partial charge in [0.1, 0.15) is 5.75 Å². The third kappa shape index (κ3) is 5.72. The summed E-state index contributed by atoms with van der Waals surface area (Å²) in [5, 5.41) is 4.81. The molecule has 150 valence electrons. The Morgan fingerprint density at radius 2 is 1.93 bits per heavy atom. The number of carbonyl (C=O) groups excluding carboxylic acids is 2. The fourth-order valence-corrected chi connectivity index (χ4v) is 3.11. The second-order valence-corrected chi connectivity index (χ2v) is 6.77. The second kappa shape index (κ2) is 9.60. The van der Waals surface area contributed by atoms with Gasteiger partial charge in [-0.05, 0) is 23.6 Å². The van der Waals surface area contributed by atoms with E-state index in [2.05, 4.69) is 20.3 Å². The highest BCUT2D eigenvalue weighted by atomic mass is 32.1. The fourth-order valence-electron chi connectivity index (χ4n) is 2.42. The summed E-state index contributed by atoms with van der Waals surface area (Å²) in [5.41, 5.74) is 6.37. The van der Waals surface area contributed by atoms with Crippen LogP contribution in [0.5, 0.6) is 5.75 Å². The van der Waals surface area contributed by atoms with Gasteiger partial charge in [-0.15, -0.1) is 11.3 Å². The average molecular weight is 413 g/mol. The summed E-state index contributed by atoms with van der Waals surface area (Å²) < 4.78 is 10.4. The molecule has 0 radical (unpaired) electrons. The van der Waals surface area contributed by atoms with E-state index in [1.165, 1.54) is 11.3 Å². The number of aromatic nitrogens is 3. The zero-order valence-corrected chi connectivity index (χ0v) is 16.4. The number of ketones is 1. The number of nitrogens with zero attached hydrogens (tertiary/aromatic N) is 3. The smallest absolute Gasteiger partial charge is 0.306 e. The normalized spacial score (nSPS) is 10.4. The van der Waals surface area contributed by atoms with Crippen molar-refractivity contribution in [1.29, 1.82) is 0 Å². The van der Waals surface area contributed by atoms with Crippen LogP contribution in [0.2, 0.25) is 0 Å². The van der Waals surface area contributed by atoms with E-state index in [0.29, 0.717) is 16.3 Å². The molecule has 0 amide bonds. The fraction of sp³-hybridized carbons (Fsp3) is 0.211. The summed E-state index contributed by atoms with van der Waals surface area (Å²) >= 11 is 1.34. The molecule has 0 aliphatic heterocycles. The summed E-state index contributed by atoms with van der Waals surface area (Å²) in [5.74, 6) is 0.359. The maximum atomic E-state index is 11.9. The Balaban J connectivity index is 1.57. The number of hydrogen-bond acceptors (Lipinski definition) is 10. The van der Waals surface area contributed by atoms with E-state index in [-0.39, 0.29) is 43.0 Å². The van der Waals surface area contributed by atoms with Gasteiger partial charge >= 0.3 is 5.97 Å². The summed E-state index contributed by atoms with van der Waals surface area (Å²) in [6.07, 6.45) is 0.0584. The SMILES string of the molecule is COc1ccccc1Nc1nc(N)nc(COC(=O)CCC(=O)c2cccs2)n1. The predicted molar refractivity (Wildman–Crippen MR) is 108 cm³/mol. The number of thiophene rings is 1. The van der Waals surface area contributed by atoms with E-state index in [1.54, 1.807) is 31.4 Å². The minimum Gasteiger partial charge on any atom is -0.495 e. The van der Waals surface area contributed by atoms with Crippen molar-refractivity contribution in [3.8, 4) is 5.75 Å². The van der Waals surface area contributed by atoms with Crippen molar-refractivity contribution in [1.82, 2.24) is 15.0 Å². The first-order valence-corrected chi connectivity index (χ1v) is 9.56. The van der Waals surface area contributed by atoms with Crippen molar-refractivity contribution in [3.05, 3.63) is 52.5 Å². The molecule has 3 N–H and O–H groups in total. The van der Waals surface area contributed by atoms with Crippen LogP contribution in [0.15, 0.2) is 41.8 Å². The molecule has 9 nitrogen and oxygen atoms in total.